The second kappa shape index (κ2) is 5.03. The van der Waals surface area contributed by atoms with Gasteiger partial charge in [0.05, 0.1) is 0 Å². The summed E-state index contributed by atoms with van der Waals surface area (Å²) >= 11 is 0. The van der Waals surface area contributed by atoms with Crippen LogP contribution in [0.4, 0.5) is 5.69 Å². The average molecular weight is 228 g/mol. The molecule has 0 fully saturated rings. The smallest absolute Gasteiger partial charge is 0.302 e. The zero-order chi connectivity index (χ0) is 12.3. The van der Waals surface area contributed by atoms with E-state index in [1.165, 1.54) is 5.56 Å². The van der Waals surface area contributed by atoms with Crippen molar-refractivity contribution in [3.8, 4) is 11.8 Å². The van der Waals surface area contributed by atoms with E-state index in [9.17, 15) is 4.79 Å². The fourth-order valence-corrected chi connectivity index (χ4v) is 2.31. The van der Waals surface area contributed by atoms with Crippen molar-refractivity contribution in [3.63, 3.8) is 0 Å². The van der Waals surface area contributed by atoms with Gasteiger partial charge in [-0.25, -0.2) is 0 Å². The summed E-state index contributed by atoms with van der Waals surface area (Å²) in [6.45, 7) is 3.02. The number of nitrogens with zero attached hydrogens (tertiary/aromatic N) is 1. The van der Waals surface area contributed by atoms with Gasteiger partial charge in [-0.2, -0.15) is 0 Å². The lowest BCUT2D eigenvalue weighted by Crippen LogP contribution is -2.28. The maximum absolute atomic E-state index is 11.9. The van der Waals surface area contributed by atoms with Crippen LogP contribution in [0.2, 0.25) is 0 Å². The predicted octanol–water partition coefficient (Wildman–Crippen LogP) is 1.49. The third-order valence-corrected chi connectivity index (χ3v) is 3.06. The molecule has 3 heteroatoms. The molecule has 1 aliphatic heterocycles. The second-order valence-electron chi connectivity index (χ2n) is 4.12. The molecule has 0 saturated carbocycles. The highest BCUT2D eigenvalue weighted by molar-refractivity contribution is 6.07. The molecule has 88 valence electrons. The first-order chi connectivity index (χ1) is 8.27. The van der Waals surface area contributed by atoms with E-state index in [0.717, 1.165) is 12.1 Å². The van der Waals surface area contributed by atoms with E-state index in [1.54, 1.807) is 11.8 Å². The largest absolute Gasteiger partial charge is 0.330 e. The van der Waals surface area contributed by atoms with Gasteiger partial charge in [-0.3, -0.25) is 4.79 Å². The quantitative estimate of drug-likeness (QED) is 0.779. The van der Waals surface area contributed by atoms with E-state index in [1.807, 2.05) is 18.2 Å². The SMILES string of the molecule is CC#CC(=O)N1CC(CCN)c2ccccc21. The molecule has 0 aromatic heterocycles. The Hall–Kier alpha value is -1.79. The van der Waals surface area contributed by atoms with Gasteiger partial charge in [-0.1, -0.05) is 24.1 Å². The minimum atomic E-state index is -0.125. The van der Waals surface area contributed by atoms with Crippen molar-refractivity contribution in [3.05, 3.63) is 29.8 Å². The highest BCUT2D eigenvalue weighted by atomic mass is 16.2. The minimum absolute atomic E-state index is 0.125. The number of benzene rings is 1. The third kappa shape index (κ3) is 2.17. The molecular formula is C14H16N2O. The van der Waals surface area contributed by atoms with E-state index in [0.29, 0.717) is 19.0 Å². The van der Waals surface area contributed by atoms with Crippen molar-refractivity contribution < 1.29 is 4.79 Å². The number of rotatable bonds is 2. The van der Waals surface area contributed by atoms with E-state index < -0.39 is 0 Å². The predicted molar refractivity (Wildman–Crippen MR) is 68.7 cm³/mol. The topological polar surface area (TPSA) is 46.3 Å². The fraction of sp³-hybridized carbons (Fsp3) is 0.357. The van der Waals surface area contributed by atoms with Crippen LogP contribution >= 0.6 is 0 Å². The molecule has 0 aliphatic carbocycles. The van der Waals surface area contributed by atoms with Gasteiger partial charge in [0, 0.05) is 18.2 Å². The Labute approximate surface area is 102 Å². The van der Waals surface area contributed by atoms with E-state index in [-0.39, 0.29) is 5.91 Å². The summed E-state index contributed by atoms with van der Waals surface area (Å²) in [5.74, 6) is 5.47. The van der Waals surface area contributed by atoms with Gasteiger partial charge in [0.15, 0.2) is 0 Å². The highest BCUT2D eigenvalue weighted by Crippen LogP contribution is 2.37. The summed E-state index contributed by atoms with van der Waals surface area (Å²) in [6, 6.07) is 7.99. The first-order valence-corrected chi connectivity index (χ1v) is 5.81. The molecule has 1 aliphatic rings. The number of anilines is 1. The van der Waals surface area contributed by atoms with Crippen LogP contribution in [0.15, 0.2) is 24.3 Å². The number of amides is 1. The molecule has 3 nitrogen and oxygen atoms in total. The Bertz CT molecular complexity index is 484. The molecule has 0 spiro atoms. The summed E-state index contributed by atoms with van der Waals surface area (Å²) in [5, 5.41) is 0. The molecule has 0 saturated heterocycles. The van der Waals surface area contributed by atoms with Crippen molar-refractivity contribution in [1.29, 1.82) is 0 Å². The van der Waals surface area contributed by atoms with Crippen molar-refractivity contribution in [2.45, 2.75) is 19.3 Å². The van der Waals surface area contributed by atoms with Crippen LogP contribution in [0.3, 0.4) is 0 Å². The molecule has 0 bridgehead atoms. The first-order valence-electron chi connectivity index (χ1n) is 5.81. The zero-order valence-corrected chi connectivity index (χ0v) is 9.94. The second-order valence-corrected chi connectivity index (χ2v) is 4.12. The Kier molecular flexibility index (Phi) is 3.46. The van der Waals surface area contributed by atoms with Crippen LogP contribution in [0.5, 0.6) is 0 Å². The highest BCUT2D eigenvalue weighted by Gasteiger charge is 2.30. The van der Waals surface area contributed by atoms with Gasteiger partial charge in [0.25, 0.3) is 0 Å². The Morgan fingerprint density at radius 3 is 3.00 bits per heavy atom. The number of nitrogens with two attached hydrogens (primary N) is 1. The average Bonchev–Trinajstić information content (AvgIpc) is 2.70. The number of carbonyl (C=O) groups is 1. The molecule has 2 N–H and O–H groups in total. The molecular weight excluding hydrogens is 212 g/mol. The van der Waals surface area contributed by atoms with Crippen LogP contribution in [0.25, 0.3) is 0 Å². The number of para-hydroxylation sites is 1. The van der Waals surface area contributed by atoms with Crippen molar-refractivity contribution >= 4 is 11.6 Å². The van der Waals surface area contributed by atoms with E-state index in [2.05, 4.69) is 17.9 Å². The van der Waals surface area contributed by atoms with Crippen molar-refractivity contribution in [1.82, 2.24) is 0 Å². The summed E-state index contributed by atoms with van der Waals surface area (Å²) in [6.07, 6.45) is 0.903. The van der Waals surface area contributed by atoms with Crippen LogP contribution in [0, 0.1) is 11.8 Å². The summed E-state index contributed by atoms with van der Waals surface area (Å²) in [7, 11) is 0. The molecule has 1 atom stereocenters. The van der Waals surface area contributed by atoms with Crippen LogP contribution in [0.1, 0.15) is 24.8 Å². The Morgan fingerprint density at radius 2 is 2.29 bits per heavy atom. The first kappa shape index (κ1) is 11.7. The minimum Gasteiger partial charge on any atom is -0.330 e. The molecule has 17 heavy (non-hydrogen) atoms. The molecule has 1 aromatic carbocycles. The zero-order valence-electron chi connectivity index (χ0n) is 9.94. The van der Waals surface area contributed by atoms with Gasteiger partial charge in [0.1, 0.15) is 0 Å². The third-order valence-electron chi connectivity index (χ3n) is 3.06. The lowest BCUT2D eigenvalue weighted by Gasteiger charge is -2.14. The molecule has 1 heterocycles. The van der Waals surface area contributed by atoms with Crippen molar-refractivity contribution in [2.75, 3.05) is 18.0 Å². The van der Waals surface area contributed by atoms with E-state index >= 15 is 0 Å². The molecule has 0 radical (unpaired) electrons. The summed E-state index contributed by atoms with van der Waals surface area (Å²) < 4.78 is 0. The van der Waals surface area contributed by atoms with Crippen LogP contribution in [-0.2, 0) is 4.79 Å². The number of carbonyl (C=O) groups excluding carboxylic acids is 1. The maximum atomic E-state index is 11.9. The van der Waals surface area contributed by atoms with Gasteiger partial charge in [0.2, 0.25) is 0 Å². The van der Waals surface area contributed by atoms with Crippen molar-refractivity contribution in [2.24, 2.45) is 5.73 Å². The van der Waals surface area contributed by atoms with Gasteiger partial charge < -0.3 is 10.6 Å². The van der Waals surface area contributed by atoms with Gasteiger partial charge in [-0.15, -0.1) is 0 Å². The normalized spacial score (nSPS) is 17.3. The lowest BCUT2D eigenvalue weighted by atomic mass is 9.98. The lowest BCUT2D eigenvalue weighted by molar-refractivity contribution is -0.113. The molecule has 1 amide bonds. The number of hydrogen-bond donors (Lipinski definition) is 1. The van der Waals surface area contributed by atoms with E-state index in [4.69, 9.17) is 5.73 Å². The molecule has 1 aromatic rings. The molecule has 1 unspecified atom stereocenters. The maximum Gasteiger partial charge on any atom is 0.302 e. The Morgan fingerprint density at radius 1 is 1.53 bits per heavy atom. The monoisotopic (exact) mass is 228 g/mol. The number of hydrogen-bond acceptors (Lipinski definition) is 2. The standard InChI is InChI=1S/C14H16N2O/c1-2-5-14(17)16-10-11(8-9-15)12-6-3-4-7-13(12)16/h3-4,6-7,11H,8-10,15H2,1H3. The molecule has 2 rings (SSSR count). The van der Waals surface area contributed by atoms with Gasteiger partial charge >= 0.3 is 5.91 Å². The summed E-state index contributed by atoms with van der Waals surface area (Å²) in [4.78, 5) is 13.6. The fourth-order valence-electron chi connectivity index (χ4n) is 2.31. The van der Waals surface area contributed by atoms with Crippen LogP contribution in [-0.4, -0.2) is 19.0 Å². The Balaban J connectivity index is 2.33. The number of fused-ring (bicyclic) bond motifs is 1. The summed E-state index contributed by atoms with van der Waals surface area (Å²) in [5.41, 5.74) is 7.81. The van der Waals surface area contributed by atoms with Gasteiger partial charge in [-0.05, 0) is 37.4 Å². The van der Waals surface area contributed by atoms with Crippen LogP contribution < -0.4 is 10.6 Å².